The number of ether oxygens (including phenoxy) is 1. The van der Waals surface area contributed by atoms with Crippen molar-refractivity contribution in [2.75, 3.05) is 19.7 Å². The summed E-state index contributed by atoms with van der Waals surface area (Å²) < 4.78 is 5.17. The molecule has 1 aliphatic heterocycles. The van der Waals surface area contributed by atoms with Gasteiger partial charge in [-0.3, -0.25) is 4.79 Å². The van der Waals surface area contributed by atoms with Crippen molar-refractivity contribution in [1.82, 2.24) is 0 Å². The van der Waals surface area contributed by atoms with Crippen LogP contribution in [0.3, 0.4) is 0 Å². The lowest BCUT2D eigenvalue weighted by atomic mass is 9.96. The highest BCUT2D eigenvalue weighted by molar-refractivity contribution is 5.87. The maximum atomic E-state index is 12.0. The Balaban J connectivity index is 1.79. The van der Waals surface area contributed by atoms with Gasteiger partial charge in [-0.2, -0.15) is 0 Å². The molecule has 1 unspecified atom stereocenters. The molecule has 0 amide bonds. The number of fused-ring (bicyclic) bond motifs is 1. The van der Waals surface area contributed by atoms with Crippen LogP contribution >= 0.6 is 0 Å². The molecular weight excluding hydrogens is 290 g/mol. The fourth-order valence-electron chi connectivity index (χ4n) is 3.53. The molecule has 1 fully saturated rings. The molecule has 2 N–H and O–H groups in total. The zero-order chi connectivity index (χ0) is 16.2. The molecule has 0 radical (unpaired) electrons. The number of phenols is 1. The Hall–Kier alpha value is -2.07. The third-order valence-corrected chi connectivity index (χ3v) is 4.68. The SMILES string of the molecule is CCOC(=O)[C@H]1CCC[NH+](Cc2c(O)ccc3ccccc23)C1. The van der Waals surface area contributed by atoms with Crippen LogP contribution in [-0.2, 0) is 16.1 Å². The largest absolute Gasteiger partial charge is 0.507 e. The normalized spacial score (nSPS) is 21.3. The summed E-state index contributed by atoms with van der Waals surface area (Å²) in [6.45, 7) is 4.83. The minimum Gasteiger partial charge on any atom is -0.507 e. The topological polar surface area (TPSA) is 51.0 Å². The Kier molecular flexibility index (Phi) is 4.82. The Morgan fingerprint density at radius 2 is 2.13 bits per heavy atom. The van der Waals surface area contributed by atoms with Gasteiger partial charge in [0.2, 0.25) is 0 Å². The van der Waals surface area contributed by atoms with Gasteiger partial charge >= 0.3 is 5.97 Å². The summed E-state index contributed by atoms with van der Waals surface area (Å²) in [6, 6.07) is 11.8. The van der Waals surface area contributed by atoms with Crippen LogP contribution in [-0.4, -0.2) is 30.8 Å². The van der Waals surface area contributed by atoms with Gasteiger partial charge in [-0.25, -0.2) is 0 Å². The average molecular weight is 314 g/mol. The van der Waals surface area contributed by atoms with Crippen molar-refractivity contribution in [1.29, 1.82) is 0 Å². The summed E-state index contributed by atoms with van der Waals surface area (Å²) in [4.78, 5) is 13.3. The number of nitrogens with one attached hydrogen (secondary N) is 1. The summed E-state index contributed by atoms with van der Waals surface area (Å²) in [5.74, 6) is 0.247. The fraction of sp³-hybridized carbons (Fsp3) is 0.421. The molecule has 3 rings (SSSR count). The maximum absolute atomic E-state index is 12.0. The predicted octanol–water partition coefficient (Wildman–Crippen LogP) is 1.90. The van der Waals surface area contributed by atoms with Crippen LogP contribution in [0.5, 0.6) is 5.75 Å². The van der Waals surface area contributed by atoms with Crippen LogP contribution in [0.25, 0.3) is 10.8 Å². The molecule has 2 aromatic rings. The van der Waals surface area contributed by atoms with E-state index >= 15 is 0 Å². The molecule has 0 spiro atoms. The smallest absolute Gasteiger partial charge is 0.314 e. The van der Waals surface area contributed by atoms with E-state index in [4.69, 9.17) is 4.74 Å². The summed E-state index contributed by atoms with van der Waals surface area (Å²) >= 11 is 0. The van der Waals surface area contributed by atoms with E-state index in [2.05, 4.69) is 12.1 Å². The van der Waals surface area contributed by atoms with E-state index in [1.54, 1.807) is 6.07 Å². The Labute approximate surface area is 136 Å². The average Bonchev–Trinajstić information content (AvgIpc) is 2.58. The highest BCUT2D eigenvalue weighted by Gasteiger charge is 2.30. The lowest BCUT2D eigenvalue weighted by Crippen LogP contribution is -3.12. The number of aromatic hydroxyl groups is 1. The minimum absolute atomic E-state index is 0.0178. The first kappa shape index (κ1) is 15.8. The molecule has 1 heterocycles. The van der Waals surface area contributed by atoms with Crippen LogP contribution in [0.1, 0.15) is 25.3 Å². The molecule has 122 valence electrons. The molecule has 1 aliphatic rings. The van der Waals surface area contributed by atoms with Crippen LogP contribution in [0, 0.1) is 5.92 Å². The number of hydrogen-bond donors (Lipinski definition) is 2. The first-order valence-electron chi connectivity index (χ1n) is 8.39. The second-order valence-electron chi connectivity index (χ2n) is 6.26. The number of likely N-dealkylation sites (tertiary alicyclic amines) is 1. The molecule has 2 aromatic carbocycles. The molecule has 0 aromatic heterocycles. The molecule has 0 saturated carbocycles. The number of piperidine rings is 1. The van der Waals surface area contributed by atoms with Crippen molar-refractivity contribution in [2.45, 2.75) is 26.3 Å². The van der Waals surface area contributed by atoms with Crippen molar-refractivity contribution in [2.24, 2.45) is 5.92 Å². The van der Waals surface area contributed by atoms with Crippen molar-refractivity contribution in [3.05, 3.63) is 42.0 Å². The molecule has 23 heavy (non-hydrogen) atoms. The van der Waals surface area contributed by atoms with Crippen molar-refractivity contribution < 1.29 is 19.5 Å². The number of benzene rings is 2. The number of esters is 1. The van der Waals surface area contributed by atoms with Crippen LogP contribution in [0.15, 0.2) is 36.4 Å². The number of carbonyl (C=O) groups is 1. The monoisotopic (exact) mass is 314 g/mol. The second-order valence-corrected chi connectivity index (χ2v) is 6.26. The zero-order valence-electron chi connectivity index (χ0n) is 13.5. The number of rotatable bonds is 4. The number of hydrogen-bond acceptors (Lipinski definition) is 3. The van der Waals surface area contributed by atoms with E-state index in [-0.39, 0.29) is 11.9 Å². The van der Waals surface area contributed by atoms with Crippen molar-refractivity contribution in [3.8, 4) is 5.75 Å². The Morgan fingerprint density at radius 3 is 2.96 bits per heavy atom. The minimum atomic E-state index is -0.0770. The van der Waals surface area contributed by atoms with E-state index in [0.29, 0.717) is 12.4 Å². The third-order valence-electron chi connectivity index (χ3n) is 4.68. The summed E-state index contributed by atoms with van der Waals surface area (Å²) in [7, 11) is 0. The lowest BCUT2D eigenvalue weighted by molar-refractivity contribution is -0.921. The number of quaternary nitrogens is 1. The van der Waals surface area contributed by atoms with Gasteiger partial charge in [-0.15, -0.1) is 0 Å². The van der Waals surface area contributed by atoms with Crippen LogP contribution in [0.2, 0.25) is 0 Å². The van der Waals surface area contributed by atoms with Gasteiger partial charge < -0.3 is 14.7 Å². The second kappa shape index (κ2) is 7.01. The van der Waals surface area contributed by atoms with E-state index in [9.17, 15) is 9.90 Å². The lowest BCUT2D eigenvalue weighted by Gasteiger charge is -2.29. The first-order chi connectivity index (χ1) is 11.2. The Morgan fingerprint density at radius 1 is 1.30 bits per heavy atom. The van der Waals surface area contributed by atoms with Gasteiger partial charge in [0.05, 0.1) is 25.3 Å². The van der Waals surface area contributed by atoms with E-state index in [1.165, 1.54) is 4.90 Å². The van der Waals surface area contributed by atoms with E-state index in [1.807, 2.05) is 25.1 Å². The molecule has 4 nitrogen and oxygen atoms in total. The summed E-state index contributed by atoms with van der Waals surface area (Å²) in [5, 5.41) is 12.5. The van der Waals surface area contributed by atoms with Crippen molar-refractivity contribution in [3.63, 3.8) is 0 Å². The molecular formula is C19H24NO3+. The number of carbonyl (C=O) groups excluding carboxylic acids is 1. The number of phenolic OH excluding ortho intramolecular Hbond substituents is 1. The Bertz CT molecular complexity index is 698. The van der Waals surface area contributed by atoms with Gasteiger partial charge in [0, 0.05) is 0 Å². The summed E-state index contributed by atoms with van der Waals surface area (Å²) in [6.07, 6.45) is 1.92. The van der Waals surface area contributed by atoms with E-state index < -0.39 is 0 Å². The summed E-state index contributed by atoms with van der Waals surface area (Å²) in [5.41, 5.74) is 0.975. The molecule has 4 heteroatoms. The molecule has 2 atom stereocenters. The van der Waals surface area contributed by atoms with Crippen LogP contribution < -0.4 is 4.90 Å². The first-order valence-corrected chi connectivity index (χ1v) is 8.39. The van der Waals surface area contributed by atoms with Crippen molar-refractivity contribution >= 4 is 16.7 Å². The van der Waals surface area contributed by atoms with Gasteiger partial charge in [0.25, 0.3) is 0 Å². The fourth-order valence-corrected chi connectivity index (χ4v) is 3.53. The zero-order valence-corrected chi connectivity index (χ0v) is 13.5. The van der Waals surface area contributed by atoms with Crippen LogP contribution in [0.4, 0.5) is 0 Å². The van der Waals surface area contributed by atoms with Gasteiger partial charge in [0.15, 0.2) is 0 Å². The third kappa shape index (κ3) is 3.48. The standard InChI is InChI=1S/C19H23NO3/c1-2-23-19(22)15-7-5-11-20(12-15)13-17-16-8-4-3-6-14(16)9-10-18(17)21/h3-4,6,8-10,15,21H,2,5,7,11-13H2,1H3/p+1/t15-/m0/s1. The highest BCUT2D eigenvalue weighted by Crippen LogP contribution is 2.26. The van der Waals surface area contributed by atoms with Gasteiger partial charge in [0.1, 0.15) is 18.2 Å². The van der Waals surface area contributed by atoms with Gasteiger partial charge in [-0.1, -0.05) is 30.3 Å². The quantitative estimate of drug-likeness (QED) is 0.848. The molecule has 0 bridgehead atoms. The van der Waals surface area contributed by atoms with Gasteiger partial charge in [-0.05, 0) is 36.6 Å². The maximum Gasteiger partial charge on any atom is 0.314 e. The molecule has 1 saturated heterocycles. The van der Waals surface area contributed by atoms with E-state index in [0.717, 1.165) is 48.8 Å². The highest BCUT2D eigenvalue weighted by atomic mass is 16.5. The molecule has 0 aliphatic carbocycles. The predicted molar refractivity (Wildman–Crippen MR) is 89.4 cm³/mol.